The van der Waals surface area contributed by atoms with Crippen LogP contribution in [0.5, 0.6) is 11.5 Å². The first kappa shape index (κ1) is 29.6. The van der Waals surface area contributed by atoms with Crippen LogP contribution in [0.3, 0.4) is 0 Å². The van der Waals surface area contributed by atoms with Crippen molar-refractivity contribution < 1.29 is 27.5 Å². The summed E-state index contributed by atoms with van der Waals surface area (Å²) in [5.74, 6) is 0.585. The fourth-order valence-electron chi connectivity index (χ4n) is 4.28. The SMILES string of the molecule is CC[C@@H](C(=O)NC(C)C)N(Cc1ccc(Cl)cc1)C(=O)CCCN(c1ccc2c(c1)OCCO2)S(C)(=O)=O. The Morgan fingerprint density at radius 2 is 1.71 bits per heavy atom. The highest BCUT2D eigenvalue weighted by molar-refractivity contribution is 7.92. The molecule has 2 aromatic carbocycles. The van der Waals surface area contributed by atoms with E-state index in [1.165, 1.54) is 4.31 Å². The predicted molar refractivity (Wildman–Crippen MR) is 148 cm³/mol. The quantitative estimate of drug-likeness (QED) is 0.417. The summed E-state index contributed by atoms with van der Waals surface area (Å²) in [6.07, 6.45) is 1.89. The van der Waals surface area contributed by atoms with Crippen molar-refractivity contribution in [3.63, 3.8) is 0 Å². The molecule has 0 saturated heterocycles. The molecule has 0 saturated carbocycles. The topological polar surface area (TPSA) is 105 Å². The Hall–Kier alpha value is -2.98. The van der Waals surface area contributed by atoms with Gasteiger partial charge in [-0.15, -0.1) is 0 Å². The van der Waals surface area contributed by atoms with E-state index in [0.717, 1.165) is 11.8 Å². The Kier molecular flexibility index (Phi) is 10.3. The number of halogens is 1. The second-order valence-electron chi connectivity index (χ2n) is 9.50. The van der Waals surface area contributed by atoms with E-state index in [4.69, 9.17) is 21.1 Å². The second-order valence-corrected chi connectivity index (χ2v) is 11.8. The van der Waals surface area contributed by atoms with Crippen molar-refractivity contribution in [2.45, 2.75) is 58.7 Å². The van der Waals surface area contributed by atoms with Crippen molar-refractivity contribution in [1.82, 2.24) is 10.2 Å². The van der Waals surface area contributed by atoms with Gasteiger partial charge in [-0.05, 0) is 56.5 Å². The third-order valence-corrected chi connectivity index (χ3v) is 7.49. The summed E-state index contributed by atoms with van der Waals surface area (Å²) in [7, 11) is -3.63. The summed E-state index contributed by atoms with van der Waals surface area (Å²) in [6.45, 7) is 6.74. The van der Waals surface area contributed by atoms with E-state index in [0.29, 0.717) is 41.8 Å². The zero-order valence-electron chi connectivity index (χ0n) is 22.3. The van der Waals surface area contributed by atoms with E-state index in [1.54, 1.807) is 35.2 Å². The number of hydrogen-bond donors (Lipinski definition) is 1. The molecular weight excluding hydrogens is 530 g/mol. The average Bonchev–Trinajstić information content (AvgIpc) is 2.86. The number of fused-ring (bicyclic) bond motifs is 1. The largest absolute Gasteiger partial charge is 0.486 e. The third-order valence-electron chi connectivity index (χ3n) is 6.05. The molecule has 38 heavy (non-hydrogen) atoms. The number of nitrogens with zero attached hydrogens (tertiary/aromatic N) is 2. The maximum Gasteiger partial charge on any atom is 0.243 e. The number of hydrogen-bond acceptors (Lipinski definition) is 6. The van der Waals surface area contributed by atoms with Crippen molar-refractivity contribution in [3.05, 3.63) is 53.1 Å². The van der Waals surface area contributed by atoms with Gasteiger partial charge < -0.3 is 19.7 Å². The first-order chi connectivity index (χ1) is 18.0. The molecule has 0 unspecified atom stereocenters. The van der Waals surface area contributed by atoms with Gasteiger partial charge in [-0.2, -0.15) is 0 Å². The van der Waals surface area contributed by atoms with Crippen molar-refractivity contribution in [2.24, 2.45) is 0 Å². The monoisotopic (exact) mass is 565 g/mol. The van der Waals surface area contributed by atoms with Crippen molar-refractivity contribution in [1.29, 1.82) is 0 Å². The normalized spacial score (nSPS) is 13.6. The van der Waals surface area contributed by atoms with Gasteiger partial charge in [0.1, 0.15) is 19.3 Å². The highest BCUT2D eigenvalue weighted by atomic mass is 35.5. The molecule has 2 aromatic rings. The maximum atomic E-state index is 13.5. The van der Waals surface area contributed by atoms with Crippen LogP contribution < -0.4 is 19.1 Å². The first-order valence-corrected chi connectivity index (χ1v) is 14.9. The summed E-state index contributed by atoms with van der Waals surface area (Å²) in [5, 5.41) is 3.48. The smallest absolute Gasteiger partial charge is 0.243 e. The lowest BCUT2D eigenvalue weighted by Gasteiger charge is -2.31. The van der Waals surface area contributed by atoms with Gasteiger partial charge in [0, 0.05) is 36.6 Å². The minimum atomic E-state index is -3.63. The Morgan fingerprint density at radius 3 is 2.32 bits per heavy atom. The van der Waals surface area contributed by atoms with Crippen molar-refractivity contribution in [2.75, 3.05) is 30.3 Å². The van der Waals surface area contributed by atoms with Gasteiger partial charge >= 0.3 is 0 Å². The number of amides is 2. The molecule has 0 spiro atoms. The van der Waals surface area contributed by atoms with Gasteiger partial charge in [0.15, 0.2) is 11.5 Å². The van der Waals surface area contributed by atoms with Gasteiger partial charge in [0.25, 0.3) is 0 Å². The molecule has 3 rings (SSSR count). The third kappa shape index (κ3) is 8.01. The lowest BCUT2D eigenvalue weighted by Crippen LogP contribution is -2.50. The zero-order valence-corrected chi connectivity index (χ0v) is 23.8. The Balaban J connectivity index is 1.76. The number of ether oxygens (including phenoxy) is 2. The Labute approximate surface area is 230 Å². The zero-order chi connectivity index (χ0) is 27.9. The van der Waals surface area contributed by atoms with Crippen LogP contribution in [-0.4, -0.2) is 63.2 Å². The van der Waals surface area contributed by atoms with Crippen LogP contribution in [0.25, 0.3) is 0 Å². The molecule has 0 radical (unpaired) electrons. The summed E-state index contributed by atoms with van der Waals surface area (Å²) >= 11 is 6.02. The number of benzene rings is 2. The molecule has 0 bridgehead atoms. The molecule has 1 heterocycles. The van der Waals surface area contributed by atoms with E-state index in [2.05, 4.69) is 5.32 Å². The lowest BCUT2D eigenvalue weighted by atomic mass is 10.1. The summed E-state index contributed by atoms with van der Waals surface area (Å²) in [5.41, 5.74) is 1.28. The summed E-state index contributed by atoms with van der Waals surface area (Å²) < 4.78 is 37.6. The standard InChI is InChI=1S/C27H36ClN3O6S/c1-5-23(27(33)29-19(2)3)30(18-20-8-10-21(28)11-9-20)26(32)7-6-14-31(38(4,34)35)22-12-13-24-25(17-22)37-16-15-36-24/h8-13,17,19,23H,5-7,14-16,18H2,1-4H3,(H,29,33)/t23-/m0/s1. The molecule has 1 aliphatic rings. The number of anilines is 1. The molecular formula is C27H36ClN3O6S. The van der Waals surface area contributed by atoms with Gasteiger partial charge in [0.05, 0.1) is 11.9 Å². The molecule has 0 aromatic heterocycles. The molecule has 1 atom stereocenters. The lowest BCUT2D eigenvalue weighted by molar-refractivity contribution is -0.141. The van der Waals surface area contributed by atoms with E-state index in [9.17, 15) is 18.0 Å². The average molecular weight is 566 g/mol. The second kappa shape index (κ2) is 13.2. The Morgan fingerprint density at radius 1 is 1.05 bits per heavy atom. The highest BCUT2D eigenvalue weighted by Gasteiger charge is 2.29. The van der Waals surface area contributed by atoms with Crippen LogP contribution in [0.1, 0.15) is 45.6 Å². The minimum absolute atomic E-state index is 0.0651. The highest BCUT2D eigenvalue weighted by Crippen LogP contribution is 2.34. The molecule has 0 aliphatic carbocycles. The predicted octanol–water partition coefficient (Wildman–Crippen LogP) is 3.99. The summed E-state index contributed by atoms with van der Waals surface area (Å²) in [4.78, 5) is 28.0. The van der Waals surface area contributed by atoms with Crippen LogP contribution in [0.4, 0.5) is 5.69 Å². The molecule has 11 heteroatoms. The van der Waals surface area contributed by atoms with Crippen LogP contribution in [0, 0.1) is 0 Å². The van der Waals surface area contributed by atoms with Crippen LogP contribution in [-0.2, 0) is 26.2 Å². The van der Waals surface area contributed by atoms with E-state index < -0.39 is 16.1 Å². The molecule has 1 N–H and O–H groups in total. The summed E-state index contributed by atoms with van der Waals surface area (Å²) in [6, 6.07) is 11.4. The van der Waals surface area contributed by atoms with Gasteiger partial charge in [-0.1, -0.05) is 30.7 Å². The number of rotatable bonds is 12. The van der Waals surface area contributed by atoms with Crippen molar-refractivity contribution in [3.8, 4) is 11.5 Å². The van der Waals surface area contributed by atoms with Crippen LogP contribution in [0.15, 0.2) is 42.5 Å². The minimum Gasteiger partial charge on any atom is -0.486 e. The van der Waals surface area contributed by atoms with Gasteiger partial charge in [-0.25, -0.2) is 8.42 Å². The van der Waals surface area contributed by atoms with Gasteiger partial charge in [-0.3, -0.25) is 13.9 Å². The van der Waals surface area contributed by atoms with Crippen LogP contribution >= 0.6 is 11.6 Å². The molecule has 0 fully saturated rings. The fraction of sp³-hybridized carbons (Fsp3) is 0.481. The van der Waals surface area contributed by atoms with E-state index >= 15 is 0 Å². The van der Waals surface area contributed by atoms with Crippen molar-refractivity contribution >= 4 is 39.1 Å². The number of nitrogens with one attached hydrogen (secondary N) is 1. The van der Waals surface area contributed by atoms with E-state index in [-0.39, 0.29) is 43.8 Å². The maximum absolute atomic E-state index is 13.5. The van der Waals surface area contributed by atoms with Gasteiger partial charge in [0.2, 0.25) is 21.8 Å². The molecule has 9 nitrogen and oxygen atoms in total. The van der Waals surface area contributed by atoms with Crippen LogP contribution in [0.2, 0.25) is 5.02 Å². The molecule has 1 aliphatic heterocycles. The first-order valence-electron chi connectivity index (χ1n) is 12.7. The van der Waals surface area contributed by atoms with E-state index in [1.807, 2.05) is 32.9 Å². The number of carbonyl (C=O) groups excluding carboxylic acids is 2. The number of carbonyl (C=O) groups is 2. The Bertz CT molecular complexity index is 1220. The fourth-order valence-corrected chi connectivity index (χ4v) is 5.36. The number of sulfonamides is 1. The molecule has 2 amide bonds. The molecule has 208 valence electrons.